The van der Waals surface area contributed by atoms with Crippen LogP contribution in [0.15, 0.2) is 48.5 Å². The van der Waals surface area contributed by atoms with Gasteiger partial charge in [-0.05, 0) is 55.3 Å². The Bertz CT molecular complexity index is 1310. The van der Waals surface area contributed by atoms with E-state index in [4.69, 9.17) is 19.6 Å². The Morgan fingerprint density at radius 1 is 0.943 bits per heavy atom. The number of aryl methyl sites for hydroxylation is 2. The van der Waals surface area contributed by atoms with Crippen molar-refractivity contribution in [3.63, 3.8) is 0 Å². The number of benzene rings is 2. The van der Waals surface area contributed by atoms with Gasteiger partial charge in [0.15, 0.2) is 10.8 Å². The van der Waals surface area contributed by atoms with Gasteiger partial charge in [-0.2, -0.15) is 10.1 Å². The number of nitrogens with zero attached hydrogens (tertiary/aromatic N) is 5. The molecule has 2 aromatic heterocycles. The highest BCUT2D eigenvalue weighted by molar-refractivity contribution is 7.22. The van der Waals surface area contributed by atoms with Crippen LogP contribution in [-0.4, -0.2) is 66.0 Å². The average Bonchev–Trinajstić information content (AvgIpc) is 3.48. The van der Waals surface area contributed by atoms with Crippen molar-refractivity contribution >= 4 is 32.7 Å². The van der Waals surface area contributed by atoms with Gasteiger partial charge in [0.05, 0.1) is 30.3 Å². The van der Waals surface area contributed by atoms with Gasteiger partial charge < -0.3 is 19.3 Å². The second-order valence-corrected chi connectivity index (χ2v) is 9.54. The molecule has 35 heavy (non-hydrogen) atoms. The number of hydrogen-bond acceptors (Lipinski definition) is 7. The molecule has 1 fully saturated rings. The van der Waals surface area contributed by atoms with Crippen LogP contribution in [-0.2, 0) is 11.2 Å². The van der Waals surface area contributed by atoms with Gasteiger partial charge in [0.25, 0.3) is 0 Å². The lowest BCUT2D eigenvalue weighted by molar-refractivity contribution is -0.131. The van der Waals surface area contributed by atoms with Crippen LogP contribution in [0, 0.1) is 6.92 Å². The van der Waals surface area contributed by atoms with E-state index in [1.165, 1.54) is 0 Å². The fraction of sp³-hybridized carbons (Fsp3) is 0.346. The number of carbonyl (C=O) groups excluding carboxylic acids is 1. The Balaban J connectivity index is 1.22. The Morgan fingerprint density at radius 2 is 1.57 bits per heavy atom. The minimum Gasteiger partial charge on any atom is -0.497 e. The third-order valence-corrected chi connectivity index (χ3v) is 7.60. The summed E-state index contributed by atoms with van der Waals surface area (Å²) >= 11 is 1.67. The van der Waals surface area contributed by atoms with Crippen molar-refractivity contribution < 1.29 is 14.3 Å². The highest BCUT2D eigenvalue weighted by Gasteiger charge is 2.24. The molecule has 5 rings (SSSR count). The highest BCUT2D eigenvalue weighted by atomic mass is 32.1. The molecule has 9 heteroatoms. The van der Waals surface area contributed by atoms with Gasteiger partial charge in [-0.25, -0.2) is 4.68 Å². The molecule has 182 valence electrons. The number of methoxy groups -OCH3 is 2. The Morgan fingerprint density at radius 3 is 2.20 bits per heavy atom. The average molecular weight is 492 g/mol. The zero-order chi connectivity index (χ0) is 24.4. The fourth-order valence-corrected chi connectivity index (χ4v) is 5.35. The monoisotopic (exact) mass is 491 g/mol. The first kappa shape index (κ1) is 23.2. The molecule has 0 spiro atoms. The summed E-state index contributed by atoms with van der Waals surface area (Å²) in [5.41, 5.74) is 3.93. The summed E-state index contributed by atoms with van der Waals surface area (Å²) in [6.07, 6.45) is 1.26. The summed E-state index contributed by atoms with van der Waals surface area (Å²) in [6, 6.07) is 15.7. The van der Waals surface area contributed by atoms with E-state index in [0.29, 0.717) is 19.5 Å². The van der Waals surface area contributed by atoms with Crippen molar-refractivity contribution in [3.05, 3.63) is 59.8 Å². The number of amides is 1. The topological polar surface area (TPSA) is 72.7 Å². The van der Waals surface area contributed by atoms with E-state index in [2.05, 4.69) is 4.90 Å². The van der Waals surface area contributed by atoms with Crippen molar-refractivity contribution in [2.24, 2.45) is 0 Å². The van der Waals surface area contributed by atoms with Gasteiger partial charge in [-0.15, -0.1) is 0 Å². The molecule has 0 N–H and O–H groups in total. The predicted octanol–water partition coefficient (Wildman–Crippen LogP) is 4.09. The molecule has 0 atom stereocenters. The van der Waals surface area contributed by atoms with Crippen LogP contribution in [0.5, 0.6) is 11.5 Å². The van der Waals surface area contributed by atoms with Crippen molar-refractivity contribution in [2.75, 3.05) is 45.3 Å². The van der Waals surface area contributed by atoms with Crippen LogP contribution in [0.2, 0.25) is 0 Å². The molecule has 3 heterocycles. The van der Waals surface area contributed by atoms with Crippen LogP contribution in [0.3, 0.4) is 0 Å². The molecule has 4 aromatic rings. The molecule has 0 unspecified atom stereocenters. The maximum absolute atomic E-state index is 12.8. The third kappa shape index (κ3) is 4.81. The summed E-state index contributed by atoms with van der Waals surface area (Å²) in [5, 5.41) is 5.68. The first-order chi connectivity index (χ1) is 17.1. The molecule has 1 amide bonds. The Kier molecular flexibility index (Phi) is 6.59. The van der Waals surface area contributed by atoms with E-state index >= 15 is 0 Å². The maximum atomic E-state index is 12.8. The summed E-state index contributed by atoms with van der Waals surface area (Å²) in [5.74, 6) is 1.85. The van der Waals surface area contributed by atoms with Gasteiger partial charge in [0, 0.05) is 32.6 Å². The largest absolute Gasteiger partial charge is 0.497 e. The quantitative estimate of drug-likeness (QED) is 0.388. The van der Waals surface area contributed by atoms with Crippen LogP contribution >= 0.6 is 11.3 Å². The molecule has 8 nitrogen and oxygen atoms in total. The fourth-order valence-electron chi connectivity index (χ4n) is 4.31. The number of aromatic nitrogens is 3. The first-order valence-electron chi connectivity index (χ1n) is 11.7. The summed E-state index contributed by atoms with van der Waals surface area (Å²) in [7, 11) is 3.31. The van der Waals surface area contributed by atoms with Crippen molar-refractivity contribution in [3.8, 4) is 17.2 Å². The van der Waals surface area contributed by atoms with Gasteiger partial charge in [0.1, 0.15) is 11.5 Å². The number of ether oxygens (including phenoxy) is 2. The smallest absolute Gasteiger partial charge is 0.223 e. The van der Waals surface area contributed by atoms with Crippen LogP contribution in [0.1, 0.15) is 17.7 Å². The molecule has 2 aromatic carbocycles. The van der Waals surface area contributed by atoms with Gasteiger partial charge in [0.2, 0.25) is 5.91 Å². The van der Waals surface area contributed by atoms with E-state index in [1.54, 1.807) is 25.6 Å². The van der Waals surface area contributed by atoms with Gasteiger partial charge in [-0.3, -0.25) is 4.79 Å². The third-order valence-electron chi connectivity index (χ3n) is 6.38. The van der Waals surface area contributed by atoms with Crippen LogP contribution in [0.4, 0.5) is 5.13 Å². The zero-order valence-corrected chi connectivity index (χ0v) is 21.0. The highest BCUT2D eigenvalue weighted by Crippen LogP contribution is 2.33. The number of fused-ring (bicyclic) bond motifs is 1. The van der Waals surface area contributed by atoms with Gasteiger partial charge in [-0.1, -0.05) is 23.5 Å². The molecule has 1 aliphatic rings. The summed E-state index contributed by atoms with van der Waals surface area (Å²) in [6.45, 7) is 4.99. The molecule has 1 aliphatic heterocycles. The lowest BCUT2D eigenvalue weighted by atomic mass is 10.1. The van der Waals surface area contributed by atoms with E-state index in [-0.39, 0.29) is 5.91 Å². The molecule has 0 bridgehead atoms. The van der Waals surface area contributed by atoms with Gasteiger partial charge >= 0.3 is 0 Å². The van der Waals surface area contributed by atoms with Crippen molar-refractivity contribution in [2.45, 2.75) is 19.8 Å². The van der Waals surface area contributed by atoms with Crippen molar-refractivity contribution in [1.29, 1.82) is 0 Å². The number of piperazine rings is 1. The second kappa shape index (κ2) is 9.95. The number of thiazole rings is 1. The zero-order valence-electron chi connectivity index (χ0n) is 20.2. The van der Waals surface area contributed by atoms with Crippen LogP contribution < -0.4 is 14.4 Å². The maximum Gasteiger partial charge on any atom is 0.223 e. The molecule has 0 aliphatic carbocycles. The standard InChI is InChI=1S/C26H29N5O3S/c1-18-24-25(31(28-18)20-7-11-22(34-3)12-8-20)27-26(35-24)30-16-14-29(15-17-30)23(32)13-6-19-4-9-21(33-2)10-5-19/h4-5,7-12H,6,13-17H2,1-3H3. The predicted molar refractivity (Wildman–Crippen MR) is 138 cm³/mol. The summed E-state index contributed by atoms with van der Waals surface area (Å²) < 4.78 is 13.5. The minimum atomic E-state index is 0.204. The van der Waals surface area contributed by atoms with E-state index in [9.17, 15) is 4.79 Å². The molecule has 0 saturated carbocycles. The minimum absolute atomic E-state index is 0.204. The molecule has 0 radical (unpaired) electrons. The normalized spacial score (nSPS) is 13.9. The lowest BCUT2D eigenvalue weighted by Crippen LogP contribution is -2.48. The number of anilines is 1. The molecular weight excluding hydrogens is 462 g/mol. The van der Waals surface area contributed by atoms with Crippen LogP contribution in [0.25, 0.3) is 16.0 Å². The van der Waals surface area contributed by atoms with E-state index < -0.39 is 0 Å². The number of rotatable bonds is 7. The second-order valence-electron chi connectivity index (χ2n) is 8.56. The SMILES string of the molecule is COc1ccc(CCC(=O)N2CCN(c3nc4c(s3)c(C)nn4-c3ccc(OC)cc3)CC2)cc1. The molecular formula is C26H29N5O3S. The summed E-state index contributed by atoms with van der Waals surface area (Å²) in [4.78, 5) is 22.0. The van der Waals surface area contributed by atoms with E-state index in [0.717, 1.165) is 63.4 Å². The number of hydrogen-bond donors (Lipinski definition) is 0. The Labute approximate surface area is 208 Å². The molecule has 1 saturated heterocycles. The first-order valence-corrected chi connectivity index (χ1v) is 12.5. The van der Waals surface area contributed by atoms with Crippen molar-refractivity contribution in [1.82, 2.24) is 19.7 Å². The Hall–Kier alpha value is -3.59. The number of carbonyl (C=O) groups is 1. The van der Waals surface area contributed by atoms with E-state index in [1.807, 2.05) is 65.0 Å². The lowest BCUT2D eigenvalue weighted by Gasteiger charge is -2.34.